The largest absolute Gasteiger partial charge is 0.469 e. The van der Waals surface area contributed by atoms with Gasteiger partial charge in [0, 0.05) is 12.5 Å². The fourth-order valence-electron chi connectivity index (χ4n) is 2.14. The van der Waals surface area contributed by atoms with Gasteiger partial charge in [-0.2, -0.15) is 0 Å². The molecule has 0 spiro atoms. The third-order valence-electron chi connectivity index (χ3n) is 2.95. The van der Waals surface area contributed by atoms with Gasteiger partial charge >= 0.3 is 0 Å². The van der Waals surface area contributed by atoms with Crippen LogP contribution in [0.3, 0.4) is 0 Å². The van der Waals surface area contributed by atoms with Crippen molar-refractivity contribution >= 4 is 0 Å². The summed E-state index contributed by atoms with van der Waals surface area (Å²) in [5, 5.41) is 0. The number of rotatable bonds is 4. The standard InChI is InChI=1S/C15H19NO/c1-11-8-12(2)10-13(9-11)15(16)6-5-14-4-3-7-17-14/h3-4,7-10,15H,5-6,16H2,1-2H3. The van der Waals surface area contributed by atoms with E-state index in [4.69, 9.17) is 10.2 Å². The van der Waals surface area contributed by atoms with Crippen LogP contribution in [0.15, 0.2) is 41.0 Å². The maximum atomic E-state index is 6.21. The van der Waals surface area contributed by atoms with E-state index in [1.54, 1.807) is 6.26 Å². The third kappa shape index (κ3) is 3.21. The summed E-state index contributed by atoms with van der Waals surface area (Å²) in [6, 6.07) is 10.5. The fraction of sp³-hybridized carbons (Fsp3) is 0.333. The summed E-state index contributed by atoms with van der Waals surface area (Å²) in [4.78, 5) is 0. The van der Waals surface area contributed by atoms with Crippen LogP contribution in [0.4, 0.5) is 0 Å². The van der Waals surface area contributed by atoms with Gasteiger partial charge in [-0.1, -0.05) is 29.3 Å². The lowest BCUT2D eigenvalue weighted by atomic mass is 9.98. The number of nitrogens with two attached hydrogens (primary N) is 1. The van der Waals surface area contributed by atoms with Crippen LogP contribution in [0.5, 0.6) is 0 Å². The van der Waals surface area contributed by atoms with Gasteiger partial charge < -0.3 is 10.2 Å². The molecule has 2 heteroatoms. The van der Waals surface area contributed by atoms with Crippen LogP contribution in [0.25, 0.3) is 0 Å². The Bertz CT molecular complexity index is 453. The molecular weight excluding hydrogens is 210 g/mol. The second kappa shape index (κ2) is 5.19. The second-order valence-electron chi connectivity index (χ2n) is 4.65. The van der Waals surface area contributed by atoms with Crippen LogP contribution >= 0.6 is 0 Å². The minimum Gasteiger partial charge on any atom is -0.469 e. The molecule has 0 bridgehead atoms. The van der Waals surface area contributed by atoms with E-state index in [1.807, 2.05) is 12.1 Å². The van der Waals surface area contributed by atoms with Gasteiger partial charge in [0.2, 0.25) is 0 Å². The van der Waals surface area contributed by atoms with Gasteiger partial charge in [0.25, 0.3) is 0 Å². The van der Waals surface area contributed by atoms with Gasteiger partial charge in [-0.25, -0.2) is 0 Å². The van der Waals surface area contributed by atoms with Crippen LogP contribution in [0.1, 0.15) is 34.9 Å². The van der Waals surface area contributed by atoms with Gasteiger partial charge in [0.05, 0.1) is 6.26 Å². The summed E-state index contributed by atoms with van der Waals surface area (Å²) in [5.74, 6) is 1.00. The molecule has 2 rings (SSSR count). The first-order chi connectivity index (χ1) is 8.15. The van der Waals surface area contributed by atoms with E-state index in [9.17, 15) is 0 Å². The third-order valence-corrected chi connectivity index (χ3v) is 2.95. The Morgan fingerprint density at radius 2 is 1.88 bits per heavy atom. The molecule has 1 unspecified atom stereocenters. The first-order valence-corrected chi connectivity index (χ1v) is 6.01. The molecule has 90 valence electrons. The Balaban J connectivity index is 2.01. The summed E-state index contributed by atoms with van der Waals surface area (Å²) >= 11 is 0. The Morgan fingerprint density at radius 1 is 1.18 bits per heavy atom. The minimum atomic E-state index is 0.0821. The second-order valence-corrected chi connectivity index (χ2v) is 4.65. The molecule has 2 nitrogen and oxygen atoms in total. The summed E-state index contributed by atoms with van der Waals surface area (Å²) in [6.45, 7) is 4.21. The summed E-state index contributed by atoms with van der Waals surface area (Å²) in [6.07, 6.45) is 3.51. The SMILES string of the molecule is Cc1cc(C)cc(C(N)CCc2ccco2)c1. The van der Waals surface area contributed by atoms with Crippen molar-refractivity contribution < 1.29 is 4.42 Å². The number of hydrogen-bond acceptors (Lipinski definition) is 2. The zero-order valence-corrected chi connectivity index (χ0v) is 10.4. The Kier molecular flexibility index (Phi) is 3.64. The predicted molar refractivity (Wildman–Crippen MR) is 69.9 cm³/mol. The van der Waals surface area contributed by atoms with Crippen LogP contribution in [0, 0.1) is 13.8 Å². The quantitative estimate of drug-likeness (QED) is 0.871. The van der Waals surface area contributed by atoms with E-state index in [-0.39, 0.29) is 6.04 Å². The van der Waals surface area contributed by atoms with Crippen molar-refractivity contribution in [1.29, 1.82) is 0 Å². The van der Waals surface area contributed by atoms with E-state index in [2.05, 4.69) is 32.0 Å². The lowest BCUT2D eigenvalue weighted by Crippen LogP contribution is -2.11. The Hall–Kier alpha value is -1.54. The highest BCUT2D eigenvalue weighted by molar-refractivity contribution is 5.30. The molecule has 1 heterocycles. The van der Waals surface area contributed by atoms with Gasteiger partial charge in [0.15, 0.2) is 0 Å². The molecule has 0 aliphatic rings. The Morgan fingerprint density at radius 3 is 2.47 bits per heavy atom. The molecule has 2 N–H and O–H groups in total. The normalized spacial score (nSPS) is 12.6. The van der Waals surface area contributed by atoms with E-state index in [1.165, 1.54) is 16.7 Å². The molecule has 0 amide bonds. The fourth-order valence-corrected chi connectivity index (χ4v) is 2.14. The number of aryl methyl sites for hydroxylation is 3. The monoisotopic (exact) mass is 229 g/mol. The lowest BCUT2D eigenvalue weighted by Gasteiger charge is -2.13. The zero-order chi connectivity index (χ0) is 12.3. The molecule has 0 radical (unpaired) electrons. The molecule has 0 saturated carbocycles. The summed E-state index contributed by atoms with van der Waals surface area (Å²) in [7, 11) is 0. The molecule has 2 aromatic rings. The predicted octanol–water partition coefficient (Wildman–Crippen LogP) is 3.53. The summed E-state index contributed by atoms with van der Waals surface area (Å²) < 4.78 is 5.31. The molecular formula is C15H19NO. The molecule has 17 heavy (non-hydrogen) atoms. The smallest absolute Gasteiger partial charge is 0.103 e. The van der Waals surface area contributed by atoms with E-state index in [0.717, 1.165) is 18.6 Å². The van der Waals surface area contributed by atoms with Crippen molar-refractivity contribution in [2.45, 2.75) is 32.7 Å². The van der Waals surface area contributed by atoms with Crippen LogP contribution in [-0.2, 0) is 6.42 Å². The van der Waals surface area contributed by atoms with Crippen molar-refractivity contribution in [2.75, 3.05) is 0 Å². The molecule has 1 aromatic carbocycles. The van der Waals surface area contributed by atoms with Crippen LogP contribution in [-0.4, -0.2) is 0 Å². The molecule has 0 aliphatic heterocycles. The maximum Gasteiger partial charge on any atom is 0.103 e. The summed E-state index contributed by atoms with van der Waals surface area (Å²) in [5.41, 5.74) is 9.97. The van der Waals surface area contributed by atoms with Gasteiger partial charge in [0.1, 0.15) is 5.76 Å². The highest BCUT2D eigenvalue weighted by atomic mass is 16.3. The Labute approximate surface area is 102 Å². The lowest BCUT2D eigenvalue weighted by molar-refractivity contribution is 0.488. The van der Waals surface area contributed by atoms with Gasteiger partial charge in [-0.15, -0.1) is 0 Å². The van der Waals surface area contributed by atoms with E-state index >= 15 is 0 Å². The molecule has 0 aliphatic carbocycles. The van der Waals surface area contributed by atoms with Crippen molar-refractivity contribution in [3.8, 4) is 0 Å². The number of benzene rings is 1. The highest BCUT2D eigenvalue weighted by Crippen LogP contribution is 2.19. The minimum absolute atomic E-state index is 0.0821. The first-order valence-electron chi connectivity index (χ1n) is 6.01. The van der Waals surface area contributed by atoms with Crippen molar-refractivity contribution in [3.63, 3.8) is 0 Å². The zero-order valence-electron chi connectivity index (χ0n) is 10.4. The van der Waals surface area contributed by atoms with E-state index < -0.39 is 0 Å². The highest BCUT2D eigenvalue weighted by Gasteiger charge is 2.08. The molecule has 1 aromatic heterocycles. The number of furan rings is 1. The van der Waals surface area contributed by atoms with Crippen molar-refractivity contribution in [2.24, 2.45) is 5.73 Å². The number of hydrogen-bond donors (Lipinski definition) is 1. The molecule has 0 fully saturated rings. The van der Waals surface area contributed by atoms with Crippen LogP contribution in [0.2, 0.25) is 0 Å². The van der Waals surface area contributed by atoms with Gasteiger partial charge in [-0.3, -0.25) is 0 Å². The topological polar surface area (TPSA) is 39.2 Å². The average molecular weight is 229 g/mol. The van der Waals surface area contributed by atoms with Gasteiger partial charge in [-0.05, 0) is 38.0 Å². The van der Waals surface area contributed by atoms with Crippen LogP contribution < -0.4 is 5.73 Å². The van der Waals surface area contributed by atoms with Crippen molar-refractivity contribution in [1.82, 2.24) is 0 Å². The van der Waals surface area contributed by atoms with E-state index in [0.29, 0.717) is 0 Å². The van der Waals surface area contributed by atoms with Crippen molar-refractivity contribution in [3.05, 3.63) is 59.0 Å². The maximum absolute atomic E-state index is 6.21. The molecule has 0 saturated heterocycles. The molecule has 1 atom stereocenters. The first kappa shape index (κ1) is 11.9. The average Bonchev–Trinajstić information content (AvgIpc) is 2.77.